The van der Waals surface area contributed by atoms with Crippen molar-refractivity contribution in [2.24, 2.45) is 0 Å². The van der Waals surface area contributed by atoms with Gasteiger partial charge in [0.1, 0.15) is 17.2 Å². The van der Waals surface area contributed by atoms with Crippen molar-refractivity contribution in [1.29, 1.82) is 0 Å². The van der Waals surface area contributed by atoms with Crippen LogP contribution in [-0.4, -0.2) is 23.2 Å². The Hall–Kier alpha value is -2.92. The Morgan fingerprint density at radius 3 is 2.62 bits per heavy atom. The van der Waals surface area contributed by atoms with Gasteiger partial charge < -0.3 is 10.1 Å². The lowest BCUT2D eigenvalue weighted by molar-refractivity contribution is 0.0957. The minimum absolute atomic E-state index is 0.269. The molecule has 24 heavy (non-hydrogen) atoms. The van der Waals surface area contributed by atoms with E-state index in [0.29, 0.717) is 17.1 Å². The Morgan fingerprint density at radius 1 is 1.08 bits per heavy atom. The molecule has 0 aliphatic carbocycles. The van der Waals surface area contributed by atoms with Gasteiger partial charge in [-0.25, -0.2) is 0 Å². The number of halogens is 1. The van der Waals surface area contributed by atoms with Crippen molar-refractivity contribution in [2.45, 2.75) is 0 Å². The van der Waals surface area contributed by atoms with E-state index < -0.39 is 5.24 Å². The van der Waals surface area contributed by atoms with Gasteiger partial charge in [-0.3, -0.25) is 14.6 Å². The summed E-state index contributed by atoms with van der Waals surface area (Å²) in [5.74, 6) is 0.785. The van der Waals surface area contributed by atoms with Crippen LogP contribution < -0.4 is 10.1 Å². The van der Waals surface area contributed by atoms with E-state index in [4.69, 9.17) is 16.3 Å². The van der Waals surface area contributed by atoms with E-state index in [1.165, 1.54) is 13.2 Å². The number of hydrogen-bond acceptors (Lipinski definition) is 4. The summed E-state index contributed by atoms with van der Waals surface area (Å²) >= 11 is 5.60. The summed E-state index contributed by atoms with van der Waals surface area (Å²) in [5.41, 5.74) is 0.720. The smallest absolute Gasteiger partial charge is 0.269 e. The average Bonchev–Trinajstić information content (AvgIpc) is 2.60. The standard InChI is InChI=1S/C18H13ClN2O3/c1-20-18(23)16-10-13(7-8-21-16)24-12-5-6-14-11(9-12)3-2-4-15(14)17(19)22/h2-10H,1H3,(H,20,23). The number of nitrogens with zero attached hydrogens (tertiary/aromatic N) is 1. The predicted molar refractivity (Wildman–Crippen MR) is 91.8 cm³/mol. The molecule has 1 amide bonds. The van der Waals surface area contributed by atoms with E-state index in [1.807, 2.05) is 6.07 Å². The van der Waals surface area contributed by atoms with Crippen LogP contribution in [0.3, 0.4) is 0 Å². The Kier molecular flexibility index (Phi) is 4.44. The van der Waals surface area contributed by atoms with Gasteiger partial charge in [0, 0.05) is 24.9 Å². The summed E-state index contributed by atoms with van der Waals surface area (Å²) in [7, 11) is 1.54. The third-order valence-corrected chi connectivity index (χ3v) is 3.69. The maximum absolute atomic E-state index is 11.6. The number of amides is 1. The molecule has 0 saturated heterocycles. The number of fused-ring (bicyclic) bond motifs is 1. The lowest BCUT2D eigenvalue weighted by atomic mass is 10.1. The summed E-state index contributed by atoms with van der Waals surface area (Å²) in [5, 5.41) is 3.60. The molecule has 3 rings (SSSR count). The number of ether oxygens (including phenoxy) is 1. The zero-order valence-electron chi connectivity index (χ0n) is 12.7. The van der Waals surface area contributed by atoms with Crippen LogP contribution in [0.1, 0.15) is 20.8 Å². The van der Waals surface area contributed by atoms with Crippen molar-refractivity contribution in [3.63, 3.8) is 0 Å². The summed E-state index contributed by atoms with van der Waals surface area (Å²) < 4.78 is 5.78. The van der Waals surface area contributed by atoms with Crippen LogP contribution in [-0.2, 0) is 0 Å². The molecule has 1 N–H and O–H groups in total. The molecule has 0 aliphatic rings. The van der Waals surface area contributed by atoms with Crippen molar-refractivity contribution in [2.75, 3.05) is 7.05 Å². The number of nitrogens with one attached hydrogen (secondary N) is 1. The summed E-state index contributed by atoms with van der Waals surface area (Å²) in [6, 6.07) is 13.9. The van der Waals surface area contributed by atoms with Crippen LogP contribution in [0, 0.1) is 0 Å². The second kappa shape index (κ2) is 6.68. The molecule has 0 unspecified atom stereocenters. The van der Waals surface area contributed by atoms with Gasteiger partial charge in [0.05, 0.1) is 0 Å². The monoisotopic (exact) mass is 340 g/mol. The topological polar surface area (TPSA) is 68.3 Å². The highest BCUT2D eigenvalue weighted by atomic mass is 35.5. The predicted octanol–water partition coefficient (Wildman–Crippen LogP) is 3.77. The van der Waals surface area contributed by atoms with Crippen LogP contribution >= 0.6 is 11.6 Å². The number of hydrogen-bond donors (Lipinski definition) is 1. The molecule has 0 saturated carbocycles. The SMILES string of the molecule is CNC(=O)c1cc(Oc2ccc3c(C(=O)Cl)cccc3c2)ccn1. The highest BCUT2D eigenvalue weighted by Crippen LogP contribution is 2.28. The van der Waals surface area contributed by atoms with E-state index >= 15 is 0 Å². The van der Waals surface area contributed by atoms with E-state index in [1.54, 1.807) is 42.5 Å². The highest BCUT2D eigenvalue weighted by Gasteiger charge is 2.09. The van der Waals surface area contributed by atoms with Crippen molar-refractivity contribution in [3.8, 4) is 11.5 Å². The molecule has 0 spiro atoms. The number of carbonyl (C=O) groups is 2. The summed E-state index contributed by atoms with van der Waals surface area (Å²) in [4.78, 5) is 27.1. The summed E-state index contributed by atoms with van der Waals surface area (Å²) in [6.45, 7) is 0. The molecular formula is C18H13ClN2O3. The molecule has 0 atom stereocenters. The van der Waals surface area contributed by atoms with Gasteiger partial charge in [0.15, 0.2) is 0 Å². The van der Waals surface area contributed by atoms with Crippen LogP contribution in [0.4, 0.5) is 0 Å². The van der Waals surface area contributed by atoms with Crippen LogP contribution in [0.5, 0.6) is 11.5 Å². The minimum atomic E-state index is -0.501. The molecule has 120 valence electrons. The first-order valence-electron chi connectivity index (χ1n) is 7.17. The molecular weight excluding hydrogens is 328 g/mol. The highest BCUT2D eigenvalue weighted by molar-refractivity contribution is 6.68. The molecule has 0 bridgehead atoms. The molecule has 1 aromatic heterocycles. The summed E-state index contributed by atoms with van der Waals surface area (Å²) in [6.07, 6.45) is 1.51. The number of benzene rings is 2. The lowest BCUT2D eigenvalue weighted by Gasteiger charge is -2.09. The average molecular weight is 341 g/mol. The Labute approximate surface area is 143 Å². The maximum Gasteiger partial charge on any atom is 0.269 e. The maximum atomic E-state index is 11.6. The first-order valence-corrected chi connectivity index (χ1v) is 7.55. The third-order valence-electron chi connectivity index (χ3n) is 3.49. The fraction of sp³-hybridized carbons (Fsp3) is 0.0556. The first-order chi connectivity index (χ1) is 11.6. The number of carbonyl (C=O) groups excluding carboxylic acids is 2. The normalized spacial score (nSPS) is 10.4. The second-order valence-electron chi connectivity index (χ2n) is 5.02. The van der Waals surface area contributed by atoms with Gasteiger partial charge in [0.2, 0.25) is 0 Å². The molecule has 0 radical (unpaired) electrons. The van der Waals surface area contributed by atoms with Crippen LogP contribution in [0.25, 0.3) is 10.8 Å². The van der Waals surface area contributed by atoms with E-state index in [9.17, 15) is 9.59 Å². The zero-order valence-corrected chi connectivity index (χ0v) is 13.5. The van der Waals surface area contributed by atoms with Gasteiger partial charge in [-0.1, -0.05) is 12.1 Å². The second-order valence-corrected chi connectivity index (χ2v) is 5.36. The Morgan fingerprint density at radius 2 is 1.88 bits per heavy atom. The van der Waals surface area contributed by atoms with Crippen molar-refractivity contribution in [1.82, 2.24) is 10.3 Å². The Bertz CT molecular complexity index is 940. The van der Waals surface area contributed by atoms with E-state index in [-0.39, 0.29) is 11.6 Å². The van der Waals surface area contributed by atoms with Crippen LogP contribution in [0.15, 0.2) is 54.7 Å². The fourth-order valence-corrected chi connectivity index (χ4v) is 2.52. The largest absolute Gasteiger partial charge is 0.457 e. The van der Waals surface area contributed by atoms with Gasteiger partial charge in [-0.2, -0.15) is 0 Å². The van der Waals surface area contributed by atoms with Crippen molar-refractivity contribution < 1.29 is 14.3 Å². The minimum Gasteiger partial charge on any atom is -0.457 e. The molecule has 0 fully saturated rings. The molecule has 3 aromatic rings. The van der Waals surface area contributed by atoms with Crippen molar-refractivity contribution in [3.05, 3.63) is 66.0 Å². The van der Waals surface area contributed by atoms with Gasteiger partial charge >= 0.3 is 0 Å². The fourth-order valence-electron chi connectivity index (χ4n) is 2.36. The third kappa shape index (κ3) is 3.21. The van der Waals surface area contributed by atoms with Gasteiger partial charge in [0.25, 0.3) is 11.1 Å². The molecule has 0 aliphatic heterocycles. The van der Waals surface area contributed by atoms with Crippen molar-refractivity contribution >= 4 is 33.5 Å². The first kappa shape index (κ1) is 16.0. The van der Waals surface area contributed by atoms with E-state index in [0.717, 1.165) is 10.8 Å². The molecule has 5 nitrogen and oxygen atoms in total. The number of rotatable bonds is 4. The van der Waals surface area contributed by atoms with Crippen LogP contribution in [0.2, 0.25) is 0 Å². The molecule has 6 heteroatoms. The van der Waals surface area contributed by atoms with Gasteiger partial charge in [-0.15, -0.1) is 0 Å². The quantitative estimate of drug-likeness (QED) is 0.734. The van der Waals surface area contributed by atoms with E-state index in [2.05, 4.69) is 10.3 Å². The lowest BCUT2D eigenvalue weighted by Crippen LogP contribution is -2.18. The zero-order chi connectivity index (χ0) is 17.1. The van der Waals surface area contributed by atoms with Gasteiger partial charge in [-0.05, 0) is 52.7 Å². The molecule has 2 aromatic carbocycles. The molecule has 1 heterocycles. The Balaban J connectivity index is 1.94. The number of aromatic nitrogens is 1. The number of pyridine rings is 1.